The molecular weight excluding hydrogens is 256 g/mol. The number of benzene rings is 1. The SMILES string of the molecule is CC(C)n1cc(C(=O)Nc2nn[nH]n2)c2ccccc21. The minimum absolute atomic E-state index is 0.163. The second-order valence-electron chi connectivity index (χ2n) is 4.75. The minimum Gasteiger partial charge on any atom is -0.344 e. The zero-order valence-corrected chi connectivity index (χ0v) is 11.2. The Morgan fingerprint density at radius 2 is 2.15 bits per heavy atom. The summed E-state index contributed by atoms with van der Waals surface area (Å²) in [6.07, 6.45) is 1.85. The topological polar surface area (TPSA) is 88.5 Å². The van der Waals surface area contributed by atoms with Gasteiger partial charge in [-0.25, -0.2) is 0 Å². The zero-order chi connectivity index (χ0) is 14.1. The Hall–Kier alpha value is -2.70. The largest absolute Gasteiger partial charge is 0.344 e. The molecule has 0 saturated heterocycles. The molecule has 3 rings (SSSR count). The van der Waals surface area contributed by atoms with Gasteiger partial charge in [0.15, 0.2) is 0 Å². The van der Waals surface area contributed by atoms with E-state index in [1.54, 1.807) is 0 Å². The van der Waals surface area contributed by atoms with Crippen LogP contribution in [-0.4, -0.2) is 31.1 Å². The summed E-state index contributed by atoms with van der Waals surface area (Å²) < 4.78 is 2.07. The summed E-state index contributed by atoms with van der Waals surface area (Å²) in [5.41, 5.74) is 1.62. The van der Waals surface area contributed by atoms with Crippen molar-refractivity contribution in [2.75, 3.05) is 5.32 Å². The van der Waals surface area contributed by atoms with Crippen molar-refractivity contribution in [2.45, 2.75) is 19.9 Å². The van der Waals surface area contributed by atoms with E-state index in [1.165, 1.54) is 0 Å². The monoisotopic (exact) mass is 270 g/mol. The van der Waals surface area contributed by atoms with Gasteiger partial charge < -0.3 is 4.57 Å². The third-order valence-electron chi connectivity index (χ3n) is 3.11. The maximum absolute atomic E-state index is 12.3. The van der Waals surface area contributed by atoms with Crippen molar-refractivity contribution >= 4 is 22.8 Å². The van der Waals surface area contributed by atoms with Crippen molar-refractivity contribution in [1.29, 1.82) is 0 Å². The zero-order valence-electron chi connectivity index (χ0n) is 11.2. The van der Waals surface area contributed by atoms with Crippen molar-refractivity contribution in [3.8, 4) is 0 Å². The second kappa shape index (κ2) is 4.76. The third-order valence-corrected chi connectivity index (χ3v) is 3.11. The standard InChI is InChI=1S/C13H14N6O/c1-8(2)19-7-10(9-5-3-4-6-11(9)19)12(20)14-13-15-17-18-16-13/h3-8H,1-2H3,(H2,14,15,16,17,18,20). The van der Waals surface area contributed by atoms with Gasteiger partial charge in [0.05, 0.1) is 5.56 Å². The average molecular weight is 270 g/mol. The molecule has 0 aliphatic heterocycles. The Labute approximate surface area is 115 Å². The van der Waals surface area contributed by atoms with E-state index in [9.17, 15) is 4.79 Å². The van der Waals surface area contributed by atoms with E-state index in [2.05, 4.69) is 44.4 Å². The molecular formula is C13H14N6O. The predicted molar refractivity (Wildman–Crippen MR) is 74.5 cm³/mol. The van der Waals surface area contributed by atoms with Gasteiger partial charge in [0.25, 0.3) is 11.9 Å². The van der Waals surface area contributed by atoms with E-state index in [0.717, 1.165) is 10.9 Å². The van der Waals surface area contributed by atoms with E-state index in [-0.39, 0.29) is 17.9 Å². The van der Waals surface area contributed by atoms with E-state index in [4.69, 9.17) is 0 Å². The number of hydrogen-bond donors (Lipinski definition) is 2. The molecule has 1 aromatic carbocycles. The lowest BCUT2D eigenvalue weighted by atomic mass is 10.1. The van der Waals surface area contributed by atoms with Crippen molar-refractivity contribution in [2.24, 2.45) is 0 Å². The summed E-state index contributed by atoms with van der Waals surface area (Å²) in [7, 11) is 0. The van der Waals surface area contributed by atoms with Crippen LogP contribution in [-0.2, 0) is 0 Å². The van der Waals surface area contributed by atoms with Gasteiger partial charge in [-0.2, -0.15) is 5.21 Å². The van der Waals surface area contributed by atoms with Crippen LogP contribution in [0.5, 0.6) is 0 Å². The lowest BCUT2D eigenvalue weighted by molar-refractivity contribution is 0.102. The Kier molecular flexibility index (Phi) is 2.94. The van der Waals surface area contributed by atoms with E-state index in [0.29, 0.717) is 5.56 Å². The number of para-hydroxylation sites is 1. The average Bonchev–Trinajstić information content (AvgIpc) is 3.05. The fourth-order valence-electron chi connectivity index (χ4n) is 2.20. The van der Waals surface area contributed by atoms with Crippen molar-refractivity contribution in [1.82, 2.24) is 25.2 Å². The molecule has 7 heteroatoms. The number of aromatic amines is 1. The fraction of sp³-hybridized carbons (Fsp3) is 0.231. The van der Waals surface area contributed by atoms with Crippen LogP contribution >= 0.6 is 0 Å². The normalized spacial score (nSPS) is 11.2. The van der Waals surface area contributed by atoms with Gasteiger partial charge in [-0.1, -0.05) is 23.3 Å². The molecule has 3 aromatic rings. The molecule has 0 aliphatic rings. The number of carbonyl (C=O) groups is 1. The molecule has 7 nitrogen and oxygen atoms in total. The number of H-pyrrole nitrogens is 1. The molecule has 0 bridgehead atoms. The summed E-state index contributed by atoms with van der Waals surface area (Å²) in [5, 5.41) is 16.7. The number of nitrogens with one attached hydrogen (secondary N) is 2. The van der Waals surface area contributed by atoms with Crippen LogP contribution in [0.3, 0.4) is 0 Å². The number of aromatic nitrogens is 5. The summed E-state index contributed by atoms with van der Waals surface area (Å²) in [5.74, 6) is -0.0848. The number of amides is 1. The molecule has 20 heavy (non-hydrogen) atoms. The quantitative estimate of drug-likeness (QED) is 0.761. The lowest BCUT2D eigenvalue weighted by Gasteiger charge is -2.08. The predicted octanol–water partition coefficient (Wildman–Crippen LogP) is 1.99. The van der Waals surface area contributed by atoms with Crippen LogP contribution in [0.1, 0.15) is 30.2 Å². The molecule has 0 atom stereocenters. The van der Waals surface area contributed by atoms with Gasteiger partial charge in [0.2, 0.25) is 0 Å². The van der Waals surface area contributed by atoms with Crippen LogP contribution in [0.25, 0.3) is 10.9 Å². The third kappa shape index (κ3) is 2.03. The highest BCUT2D eigenvalue weighted by Gasteiger charge is 2.17. The Morgan fingerprint density at radius 1 is 1.35 bits per heavy atom. The summed E-state index contributed by atoms with van der Waals surface area (Å²) >= 11 is 0. The van der Waals surface area contributed by atoms with Crippen LogP contribution < -0.4 is 5.32 Å². The first kappa shape index (κ1) is 12.3. The number of anilines is 1. The molecule has 0 saturated carbocycles. The number of fused-ring (bicyclic) bond motifs is 1. The van der Waals surface area contributed by atoms with E-state index >= 15 is 0 Å². The Balaban J connectivity index is 2.05. The molecule has 0 fully saturated rings. The lowest BCUT2D eigenvalue weighted by Crippen LogP contribution is -2.12. The highest BCUT2D eigenvalue weighted by atomic mass is 16.1. The van der Waals surface area contributed by atoms with Crippen molar-refractivity contribution in [3.63, 3.8) is 0 Å². The molecule has 2 aromatic heterocycles. The summed E-state index contributed by atoms with van der Waals surface area (Å²) in [6.45, 7) is 4.15. The highest BCUT2D eigenvalue weighted by molar-refractivity contribution is 6.12. The number of carbonyl (C=O) groups excluding carboxylic acids is 1. The molecule has 0 radical (unpaired) electrons. The molecule has 2 heterocycles. The summed E-state index contributed by atoms with van der Waals surface area (Å²) in [6, 6.07) is 8.08. The first-order chi connectivity index (χ1) is 9.66. The molecule has 0 unspecified atom stereocenters. The van der Waals surface area contributed by atoms with Crippen LogP contribution in [0.4, 0.5) is 5.95 Å². The maximum Gasteiger partial charge on any atom is 0.270 e. The first-order valence-corrected chi connectivity index (χ1v) is 6.31. The van der Waals surface area contributed by atoms with E-state index in [1.807, 2.05) is 30.5 Å². The first-order valence-electron chi connectivity index (χ1n) is 6.31. The second-order valence-corrected chi connectivity index (χ2v) is 4.75. The highest BCUT2D eigenvalue weighted by Crippen LogP contribution is 2.24. The van der Waals surface area contributed by atoms with E-state index < -0.39 is 0 Å². The fourth-order valence-corrected chi connectivity index (χ4v) is 2.20. The molecule has 0 aliphatic carbocycles. The molecule has 102 valence electrons. The van der Waals surface area contributed by atoms with Crippen LogP contribution in [0.2, 0.25) is 0 Å². The number of rotatable bonds is 3. The number of hydrogen-bond acceptors (Lipinski definition) is 4. The van der Waals surface area contributed by atoms with Gasteiger partial charge >= 0.3 is 0 Å². The van der Waals surface area contributed by atoms with Gasteiger partial charge in [-0.05, 0) is 25.1 Å². The van der Waals surface area contributed by atoms with Crippen molar-refractivity contribution < 1.29 is 4.79 Å². The minimum atomic E-state index is -0.248. The van der Waals surface area contributed by atoms with Gasteiger partial charge in [0, 0.05) is 23.1 Å². The Morgan fingerprint density at radius 3 is 2.85 bits per heavy atom. The molecule has 0 spiro atoms. The summed E-state index contributed by atoms with van der Waals surface area (Å²) in [4.78, 5) is 12.3. The van der Waals surface area contributed by atoms with Gasteiger partial charge in [-0.15, -0.1) is 5.10 Å². The smallest absolute Gasteiger partial charge is 0.270 e. The van der Waals surface area contributed by atoms with Gasteiger partial charge in [0.1, 0.15) is 0 Å². The number of nitrogens with zero attached hydrogens (tertiary/aromatic N) is 4. The molecule has 1 amide bonds. The van der Waals surface area contributed by atoms with Crippen LogP contribution in [0.15, 0.2) is 30.5 Å². The Bertz CT molecular complexity index is 743. The molecule has 2 N–H and O–H groups in total. The maximum atomic E-state index is 12.3. The van der Waals surface area contributed by atoms with Crippen molar-refractivity contribution in [3.05, 3.63) is 36.0 Å². The van der Waals surface area contributed by atoms with Gasteiger partial charge in [-0.3, -0.25) is 10.1 Å². The van der Waals surface area contributed by atoms with Crippen LogP contribution in [0, 0.1) is 0 Å². The number of tetrazole rings is 1.